The van der Waals surface area contributed by atoms with Gasteiger partial charge in [0.25, 0.3) is 0 Å². The van der Waals surface area contributed by atoms with Gasteiger partial charge in [0.15, 0.2) is 11.5 Å². The summed E-state index contributed by atoms with van der Waals surface area (Å²) >= 11 is 8.54. The minimum absolute atomic E-state index is 0.145. The van der Waals surface area contributed by atoms with Gasteiger partial charge in [-0.05, 0) is 28.1 Å². The van der Waals surface area contributed by atoms with Gasteiger partial charge < -0.3 is 10.8 Å². The highest BCUT2D eigenvalue weighted by molar-refractivity contribution is 9.10. The summed E-state index contributed by atoms with van der Waals surface area (Å²) in [5.74, 6) is -4.81. The molecular weight excluding hydrogens is 376 g/mol. The molecule has 2 aromatic rings. The van der Waals surface area contributed by atoms with Gasteiger partial charge in [-0.25, -0.2) is 22.9 Å². The molecule has 9 heteroatoms. The van der Waals surface area contributed by atoms with E-state index in [-0.39, 0.29) is 4.47 Å². The smallest absolute Gasteiger partial charge is 0.357 e. The highest BCUT2D eigenvalue weighted by Gasteiger charge is 2.24. The van der Waals surface area contributed by atoms with Gasteiger partial charge in [-0.3, -0.25) is 0 Å². The first kappa shape index (κ1) is 15.6. The van der Waals surface area contributed by atoms with Crippen molar-refractivity contribution in [1.82, 2.24) is 4.98 Å². The molecule has 0 amide bonds. The van der Waals surface area contributed by atoms with E-state index in [9.17, 15) is 18.0 Å². The summed E-state index contributed by atoms with van der Waals surface area (Å²) < 4.78 is 40.9. The molecule has 1 aromatic carbocycles. The number of rotatable bonds is 2. The monoisotopic (exact) mass is 380 g/mol. The number of halogens is 5. The van der Waals surface area contributed by atoms with E-state index in [2.05, 4.69) is 20.9 Å². The third-order valence-corrected chi connectivity index (χ3v) is 3.57. The lowest BCUT2D eigenvalue weighted by atomic mass is 10.1. The van der Waals surface area contributed by atoms with E-state index in [1.165, 1.54) is 0 Å². The maximum Gasteiger partial charge on any atom is 0.357 e. The normalized spacial score (nSPS) is 10.7. The summed E-state index contributed by atoms with van der Waals surface area (Å²) in [7, 11) is 0. The van der Waals surface area contributed by atoms with Crippen LogP contribution in [0.15, 0.2) is 16.6 Å². The van der Waals surface area contributed by atoms with Crippen LogP contribution in [0, 0.1) is 17.5 Å². The van der Waals surface area contributed by atoms with E-state index in [0.29, 0.717) is 0 Å². The van der Waals surface area contributed by atoms with E-state index in [1.807, 2.05) is 0 Å². The van der Waals surface area contributed by atoms with Crippen LogP contribution in [0.2, 0.25) is 5.02 Å². The average Bonchev–Trinajstić information content (AvgIpc) is 2.41. The zero-order valence-electron chi connectivity index (χ0n) is 9.92. The van der Waals surface area contributed by atoms with Crippen LogP contribution in [0.3, 0.4) is 0 Å². The summed E-state index contributed by atoms with van der Waals surface area (Å²) in [5, 5.41) is 8.34. The molecule has 0 fully saturated rings. The zero-order valence-corrected chi connectivity index (χ0v) is 12.3. The molecule has 1 heterocycles. The molecule has 1 aromatic heterocycles. The second kappa shape index (κ2) is 5.53. The van der Waals surface area contributed by atoms with E-state index in [0.717, 1.165) is 12.1 Å². The number of carbonyl (C=O) groups is 1. The lowest BCUT2D eigenvalue weighted by Crippen LogP contribution is -2.10. The predicted molar refractivity (Wildman–Crippen MR) is 73.6 cm³/mol. The first-order valence-corrected chi connectivity index (χ1v) is 6.43. The molecule has 110 valence electrons. The van der Waals surface area contributed by atoms with Gasteiger partial charge in [-0.2, -0.15) is 0 Å². The molecule has 4 nitrogen and oxygen atoms in total. The first-order chi connectivity index (χ1) is 9.73. The summed E-state index contributed by atoms with van der Waals surface area (Å²) in [6.07, 6.45) is 0. The van der Waals surface area contributed by atoms with Crippen LogP contribution >= 0.6 is 27.5 Å². The Morgan fingerprint density at radius 1 is 1.29 bits per heavy atom. The Hall–Kier alpha value is -1.80. The number of benzene rings is 1. The molecule has 0 atom stereocenters. The number of nitrogens with two attached hydrogens (primary N) is 1. The van der Waals surface area contributed by atoms with Crippen molar-refractivity contribution in [2.75, 3.05) is 5.73 Å². The minimum atomic E-state index is -1.71. The Morgan fingerprint density at radius 3 is 2.48 bits per heavy atom. The number of nitrogens with zero attached hydrogens (tertiary/aromatic N) is 1. The predicted octanol–water partition coefficient (Wildman–Crippen LogP) is 3.86. The second-order valence-electron chi connectivity index (χ2n) is 3.90. The van der Waals surface area contributed by atoms with Gasteiger partial charge in [0.1, 0.15) is 11.6 Å². The van der Waals surface area contributed by atoms with Crippen molar-refractivity contribution in [2.45, 2.75) is 0 Å². The molecule has 0 saturated heterocycles. The number of pyridine rings is 1. The van der Waals surface area contributed by atoms with Crippen molar-refractivity contribution in [3.63, 3.8) is 0 Å². The quantitative estimate of drug-likeness (QED) is 0.775. The maximum atomic E-state index is 13.9. The van der Waals surface area contributed by atoms with Gasteiger partial charge in [-0.1, -0.05) is 11.6 Å². The molecular formula is C12H5BrClF3N2O2. The molecule has 21 heavy (non-hydrogen) atoms. The van der Waals surface area contributed by atoms with Crippen LogP contribution in [0.1, 0.15) is 10.5 Å². The topological polar surface area (TPSA) is 76.2 Å². The number of aromatic carboxylic acids is 1. The SMILES string of the molecule is Nc1c(F)c(C(=O)O)nc(-c2cc(F)c(Br)cc2F)c1Cl. The van der Waals surface area contributed by atoms with E-state index >= 15 is 0 Å². The number of nitrogen functional groups attached to an aromatic ring is 1. The minimum Gasteiger partial charge on any atom is -0.476 e. The highest BCUT2D eigenvalue weighted by atomic mass is 79.9. The number of anilines is 1. The number of carboxylic acid groups (broad SMARTS) is 1. The van der Waals surface area contributed by atoms with Crippen molar-refractivity contribution in [1.29, 1.82) is 0 Å². The molecule has 0 radical (unpaired) electrons. The number of hydrogen-bond donors (Lipinski definition) is 2. The van der Waals surface area contributed by atoms with Crippen LogP contribution in [-0.2, 0) is 0 Å². The van der Waals surface area contributed by atoms with Crippen molar-refractivity contribution < 1.29 is 23.1 Å². The Morgan fingerprint density at radius 2 is 1.90 bits per heavy atom. The van der Waals surface area contributed by atoms with Crippen molar-refractivity contribution in [3.05, 3.63) is 44.8 Å². The lowest BCUT2D eigenvalue weighted by molar-refractivity contribution is 0.0685. The van der Waals surface area contributed by atoms with Gasteiger partial charge in [0.05, 0.1) is 20.9 Å². The van der Waals surface area contributed by atoms with Gasteiger partial charge in [0, 0.05) is 5.56 Å². The average molecular weight is 382 g/mol. The summed E-state index contributed by atoms with van der Waals surface area (Å²) in [5.41, 5.74) is 2.70. The number of carboxylic acids is 1. The first-order valence-electron chi connectivity index (χ1n) is 5.26. The third kappa shape index (κ3) is 2.68. The van der Waals surface area contributed by atoms with Crippen LogP contribution in [0.5, 0.6) is 0 Å². The highest BCUT2D eigenvalue weighted by Crippen LogP contribution is 2.36. The van der Waals surface area contributed by atoms with Crippen molar-refractivity contribution >= 4 is 39.2 Å². The maximum absolute atomic E-state index is 13.9. The molecule has 0 spiro atoms. The molecule has 0 saturated carbocycles. The molecule has 0 aliphatic heterocycles. The Balaban J connectivity index is 2.81. The zero-order chi connectivity index (χ0) is 15.9. The molecule has 0 bridgehead atoms. The van der Waals surface area contributed by atoms with Crippen molar-refractivity contribution in [3.8, 4) is 11.3 Å². The van der Waals surface area contributed by atoms with Crippen molar-refractivity contribution in [2.24, 2.45) is 0 Å². The van der Waals surface area contributed by atoms with Gasteiger partial charge in [-0.15, -0.1) is 0 Å². The van der Waals surface area contributed by atoms with Crippen LogP contribution in [0.4, 0.5) is 18.9 Å². The molecule has 0 aliphatic rings. The van der Waals surface area contributed by atoms with E-state index in [1.54, 1.807) is 0 Å². The number of aromatic nitrogens is 1. The fourth-order valence-corrected chi connectivity index (χ4v) is 2.13. The Bertz CT molecular complexity index is 771. The Kier molecular flexibility index (Phi) is 4.11. The van der Waals surface area contributed by atoms with E-state index in [4.69, 9.17) is 22.4 Å². The molecule has 0 aliphatic carbocycles. The molecule has 3 N–H and O–H groups in total. The summed E-state index contributed by atoms with van der Waals surface area (Å²) in [6, 6.07) is 1.55. The van der Waals surface area contributed by atoms with Crippen LogP contribution in [-0.4, -0.2) is 16.1 Å². The fraction of sp³-hybridized carbons (Fsp3) is 0. The Labute approximate surface area is 129 Å². The van der Waals surface area contributed by atoms with Crippen LogP contribution < -0.4 is 5.73 Å². The largest absolute Gasteiger partial charge is 0.476 e. The van der Waals surface area contributed by atoms with E-state index < -0.39 is 51.1 Å². The lowest BCUT2D eigenvalue weighted by Gasteiger charge is -2.11. The van der Waals surface area contributed by atoms with Gasteiger partial charge >= 0.3 is 5.97 Å². The summed E-state index contributed by atoms with van der Waals surface area (Å²) in [4.78, 5) is 14.3. The molecule has 0 unspecified atom stereocenters. The second-order valence-corrected chi connectivity index (χ2v) is 5.13. The third-order valence-electron chi connectivity index (χ3n) is 2.58. The van der Waals surface area contributed by atoms with Gasteiger partial charge in [0.2, 0.25) is 0 Å². The number of hydrogen-bond acceptors (Lipinski definition) is 3. The van der Waals surface area contributed by atoms with Crippen LogP contribution in [0.25, 0.3) is 11.3 Å². The fourth-order valence-electron chi connectivity index (χ4n) is 1.59. The summed E-state index contributed by atoms with van der Waals surface area (Å²) in [6.45, 7) is 0. The standard InChI is InChI=1S/C12H5BrClF3N2O2/c13-4-2-5(15)3(1-6(4)16)10-7(14)9(18)8(17)11(19-10)12(20)21/h1-2H,(H2,18,19)(H,20,21). The molecule has 2 rings (SSSR count).